The maximum absolute atomic E-state index is 13.4. The van der Waals surface area contributed by atoms with Crippen LogP contribution in [0.3, 0.4) is 0 Å². The van der Waals surface area contributed by atoms with Crippen molar-refractivity contribution in [2.75, 3.05) is 6.54 Å². The maximum atomic E-state index is 13.4. The molecule has 0 radical (unpaired) electrons. The van der Waals surface area contributed by atoms with Crippen LogP contribution in [0, 0.1) is 12.7 Å². The highest BCUT2D eigenvalue weighted by Crippen LogP contribution is 2.24. The topological polar surface area (TPSA) is 25.2 Å². The van der Waals surface area contributed by atoms with Crippen LogP contribution in [0.2, 0.25) is 0 Å². The summed E-state index contributed by atoms with van der Waals surface area (Å²) in [6.45, 7) is 4.73. The van der Waals surface area contributed by atoms with Crippen LogP contribution in [-0.2, 0) is 0 Å². The molecular weight excluding hydrogens is 217 g/mol. The fraction of sp³-hybridized carbons (Fsp3) is 0.286. The Morgan fingerprint density at radius 3 is 2.71 bits per heavy atom. The van der Waals surface area contributed by atoms with Gasteiger partial charge in [-0.25, -0.2) is 4.39 Å². The lowest BCUT2D eigenvalue weighted by atomic mass is 9.99. The van der Waals surface area contributed by atoms with E-state index in [0.29, 0.717) is 0 Å². The second-order valence-electron chi connectivity index (χ2n) is 4.11. The van der Waals surface area contributed by atoms with Crippen molar-refractivity contribution >= 4 is 0 Å². The van der Waals surface area contributed by atoms with Crippen LogP contribution in [0.15, 0.2) is 41.2 Å². The maximum Gasteiger partial charge on any atom is 0.123 e. The van der Waals surface area contributed by atoms with E-state index >= 15 is 0 Å². The zero-order valence-corrected chi connectivity index (χ0v) is 10.0. The second-order valence-corrected chi connectivity index (χ2v) is 4.11. The molecule has 1 heterocycles. The zero-order chi connectivity index (χ0) is 12.3. The van der Waals surface area contributed by atoms with Crippen molar-refractivity contribution < 1.29 is 8.81 Å². The third kappa shape index (κ3) is 2.74. The second kappa shape index (κ2) is 5.15. The molecule has 0 aliphatic carbocycles. The number of benzene rings is 1. The Balaban J connectivity index is 2.38. The molecule has 1 aromatic carbocycles. The van der Waals surface area contributed by atoms with Crippen molar-refractivity contribution in [3.05, 3.63) is 59.3 Å². The summed E-state index contributed by atoms with van der Waals surface area (Å²) in [5, 5.41) is 3.33. The summed E-state index contributed by atoms with van der Waals surface area (Å²) in [7, 11) is 0. The van der Waals surface area contributed by atoms with Gasteiger partial charge in [-0.15, -0.1) is 0 Å². The number of halogens is 1. The molecule has 3 heteroatoms. The molecule has 1 atom stereocenters. The number of furan rings is 1. The predicted molar refractivity (Wildman–Crippen MR) is 65.4 cm³/mol. The van der Waals surface area contributed by atoms with Crippen molar-refractivity contribution in [3.8, 4) is 0 Å². The van der Waals surface area contributed by atoms with E-state index in [1.165, 1.54) is 6.07 Å². The Morgan fingerprint density at radius 1 is 1.29 bits per heavy atom. The Bertz CT molecular complexity index is 459. The van der Waals surface area contributed by atoms with Crippen LogP contribution in [0.25, 0.3) is 0 Å². The first-order valence-corrected chi connectivity index (χ1v) is 5.73. The highest BCUT2D eigenvalue weighted by molar-refractivity contribution is 5.32. The largest absolute Gasteiger partial charge is 0.472 e. The predicted octanol–water partition coefficient (Wildman–Crippen LogP) is 3.43. The lowest BCUT2D eigenvalue weighted by Crippen LogP contribution is -2.21. The quantitative estimate of drug-likeness (QED) is 0.875. The van der Waals surface area contributed by atoms with Crippen LogP contribution in [0.1, 0.15) is 29.7 Å². The number of rotatable bonds is 4. The molecule has 0 saturated heterocycles. The van der Waals surface area contributed by atoms with E-state index in [0.717, 1.165) is 23.2 Å². The first-order valence-electron chi connectivity index (χ1n) is 5.73. The number of hydrogen-bond donors (Lipinski definition) is 1. The third-order valence-electron chi connectivity index (χ3n) is 2.68. The Labute approximate surface area is 100 Å². The van der Waals surface area contributed by atoms with E-state index in [9.17, 15) is 4.39 Å². The smallest absolute Gasteiger partial charge is 0.123 e. The van der Waals surface area contributed by atoms with Gasteiger partial charge in [-0.3, -0.25) is 0 Å². The van der Waals surface area contributed by atoms with Gasteiger partial charge in [-0.05, 0) is 42.8 Å². The highest BCUT2D eigenvalue weighted by atomic mass is 19.1. The number of nitrogens with one attached hydrogen (secondary N) is 1. The molecular formula is C14H16FNO. The summed E-state index contributed by atoms with van der Waals surface area (Å²) < 4.78 is 18.5. The summed E-state index contributed by atoms with van der Waals surface area (Å²) in [6.07, 6.45) is 3.32. The summed E-state index contributed by atoms with van der Waals surface area (Å²) in [6, 6.07) is 6.96. The average molecular weight is 233 g/mol. The molecule has 0 fully saturated rings. The molecule has 0 spiro atoms. The fourth-order valence-electron chi connectivity index (χ4n) is 2.00. The number of aryl methyl sites for hydroxylation is 1. The molecule has 0 saturated carbocycles. The summed E-state index contributed by atoms with van der Waals surface area (Å²) in [4.78, 5) is 0. The Hall–Kier alpha value is -1.61. The molecule has 1 unspecified atom stereocenters. The normalized spacial score (nSPS) is 12.6. The van der Waals surface area contributed by atoms with E-state index in [2.05, 4.69) is 5.32 Å². The van der Waals surface area contributed by atoms with Crippen molar-refractivity contribution in [3.63, 3.8) is 0 Å². The summed E-state index contributed by atoms with van der Waals surface area (Å²) in [5.74, 6) is -0.202. The third-order valence-corrected chi connectivity index (χ3v) is 2.68. The molecule has 1 aromatic heterocycles. The molecule has 2 nitrogen and oxygen atoms in total. The van der Waals surface area contributed by atoms with Crippen LogP contribution in [-0.4, -0.2) is 6.54 Å². The van der Waals surface area contributed by atoms with Gasteiger partial charge in [0, 0.05) is 5.56 Å². The highest BCUT2D eigenvalue weighted by Gasteiger charge is 2.15. The van der Waals surface area contributed by atoms with Gasteiger partial charge in [-0.2, -0.15) is 0 Å². The van der Waals surface area contributed by atoms with Crippen LogP contribution < -0.4 is 5.32 Å². The fourth-order valence-corrected chi connectivity index (χ4v) is 2.00. The van der Waals surface area contributed by atoms with Gasteiger partial charge in [0.05, 0.1) is 18.6 Å². The Morgan fingerprint density at radius 2 is 2.12 bits per heavy atom. The van der Waals surface area contributed by atoms with Crippen molar-refractivity contribution in [2.45, 2.75) is 19.9 Å². The molecule has 17 heavy (non-hydrogen) atoms. The summed E-state index contributed by atoms with van der Waals surface area (Å²) in [5.41, 5.74) is 2.86. The molecule has 90 valence electrons. The van der Waals surface area contributed by atoms with Gasteiger partial charge in [0.25, 0.3) is 0 Å². The van der Waals surface area contributed by atoms with Crippen LogP contribution in [0.4, 0.5) is 4.39 Å². The summed E-state index contributed by atoms with van der Waals surface area (Å²) >= 11 is 0. The van der Waals surface area contributed by atoms with Crippen LogP contribution >= 0.6 is 0 Å². The van der Waals surface area contributed by atoms with E-state index in [1.54, 1.807) is 18.6 Å². The van der Waals surface area contributed by atoms with Crippen molar-refractivity contribution in [1.29, 1.82) is 0 Å². The lowest BCUT2D eigenvalue weighted by molar-refractivity contribution is 0.551. The van der Waals surface area contributed by atoms with Gasteiger partial charge >= 0.3 is 0 Å². The van der Waals surface area contributed by atoms with Gasteiger partial charge in [0.1, 0.15) is 5.82 Å². The van der Waals surface area contributed by atoms with E-state index < -0.39 is 0 Å². The molecule has 0 bridgehead atoms. The molecule has 0 aliphatic rings. The Kier molecular flexibility index (Phi) is 3.59. The average Bonchev–Trinajstić information content (AvgIpc) is 2.77. The SMILES string of the molecule is CCNC(c1ccoc1)c1cc(C)cc(F)c1. The van der Waals surface area contributed by atoms with Gasteiger partial charge in [0.2, 0.25) is 0 Å². The van der Waals surface area contributed by atoms with Gasteiger partial charge in [0.15, 0.2) is 0 Å². The minimum atomic E-state index is -0.202. The van der Waals surface area contributed by atoms with Crippen molar-refractivity contribution in [1.82, 2.24) is 5.32 Å². The van der Waals surface area contributed by atoms with E-state index in [1.807, 2.05) is 26.0 Å². The molecule has 0 aliphatic heterocycles. The molecule has 1 N–H and O–H groups in total. The minimum absolute atomic E-state index is 0.0202. The molecule has 2 rings (SSSR count). The standard InChI is InChI=1S/C14H16FNO/c1-3-16-14(11-4-5-17-9-11)12-6-10(2)7-13(15)8-12/h4-9,14,16H,3H2,1-2H3. The zero-order valence-electron chi connectivity index (χ0n) is 10.0. The first-order chi connectivity index (χ1) is 8.20. The van der Waals surface area contributed by atoms with Gasteiger partial charge in [-0.1, -0.05) is 13.0 Å². The minimum Gasteiger partial charge on any atom is -0.472 e. The van der Waals surface area contributed by atoms with Crippen LogP contribution in [0.5, 0.6) is 0 Å². The molecule has 0 amide bonds. The monoisotopic (exact) mass is 233 g/mol. The van der Waals surface area contributed by atoms with Gasteiger partial charge < -0.3 is 9.73 Å². The molecule has 2 aromatic rings. The number of hydrogen-bond acceptors (Lipinski definition) is 2. The first kappa shape index (κ1) is 11.9. The van der Waals surface area contributed by atoms with E-state index in [-0.39, 0.29) is 11.9 Å². The lowest BCUT2D eigenvalue weighted by Gasteiger charge is -2.17. The van der Waals surface area contributed by atoms with Crippen molar-refractivity contribution in [2.24, 2.45) is 0 Å². The van der Waals surface area contributed by atoms with E-state index in [4.69, 9.17) is 4.42 Å².